The van der Waals surface area contributed by atoms with E-state index in [0.29, 0.717) is 25.7 Å². The first-order chi connectivity index (χ1) is 12.2. The molecule has 0 radical (unpaired) electrons. The van der Waals surface area contributed by atoms with Crippen molar-refractivity contribution < 1.29 is 9.53 Å². The van der Waals surface area contributed by atoms with Crippen LogP contribution in [-0.4, -0.2) is 52.9 Å². The summed E-state index contributed by atoms with van der Waals surface area (Å²) in [6.07, 6.45) is 4.21. The molecule has 4 rings (SSSR count). The third kappa shape index (κ3) is 3.39. The third-order valence-corrected chi connectivity index (χ3v) is 5.07. The Kier molecular flexibility index (Phi) is 4.44. The molecule has 1 N–H and O–H groups in total. The Hall–Kier alpha value is -2.34. The second kappa shape index (κ2) is 6.88. The van der Waals surface area contributed by atoms with Gasteiger partial charge in [0.1, 0.15) is 0 Å². The minimum absolute atomic E-state index is 0.142. The highest BCUT2D eigenvalue weighted by Gasteiger charge is 2.39. The van der Waals surface area contributed by atoms with Crippen molar-refractivity contribution in [2.45, 2.75) is 18.9 Å². The number of amides is 1. The molecule has 1 unspecified atom stereocenters. The Morgan fingerprint density at radius 2 is 2.12 bits per heavy atom. The molecule has 6 nitrogen and oxygen atoms in total. The number of carbonyl (C=O) groups excluding carboxylic acids is 1. The van der Waals surface area contributed by atoms with Crippen molar-refractivity contribution in [1.82, 2.24) is 14.7 Å². The Labute approximate surface area is 147 Å². The average Bonchev–Trinajstić information content (AvgIpc) is 3.43. The van der Waals surface area contributed by atoms with Gasteiger partial charge in [-0.05, 0) is 18.8 Å². The summed E-state index contributed by atoms with van der Waals surface area (Å²) in [5, 5.41) is 7.64. The predicted molar refractivity (Wildman–Crippen MR) is 96.2 cm³/mol. The average molecular weight is 340 g/mol. The molecule has 2 fully saturated rings. The molecular formula is C19H24N4O2. The number of nitrogens with one attached hydrogen (secondary N) is 1. The number of nitrogens with zero attached hydrogens (tertiary/aromatic N) is 3. The molecule has 2 aliphatic rings. The molecular weight excluding hydrogens is 316 g/mol. The molecule has 1 aliphatic carbocycles. The van der Waals surface area contributed by atoms with Crippen LogP contribution in [0.4, 0.5) is 5.69 Å². The summed E-state index contributed by atoms with van der Waals surface area (Å²) in [4.78, 5) is 14.8. The summed E-state index contributed by atoms with van der Waals surface area (Å²) in [5.41, 5.74) is 2.96. The van der Waals surface area contributed by atoms with Gasteiger partial charge in [0.25, 0.3) is 0 Å². The van der Waals surface area contributed by atoms with Crippen molar-refractivity contribution >= 4 is 11.6 Å². The van der Waals surface area contributed by atoms with Crippen molar-refractivity contribution in [3.8, 4) is 11.3 Å². The van der Waals surface area contributed by atoms with Crippen LogP contribution in [0.1, 0.15) is 12.8 Å². The fraction of sp³-hybridized carbons (Fsp3) is 0.474. The van der Waals surface area contributed by atoms with Gasteiger partial charge in [-0.3, -0.25) is 9.48 Å². The van der Waals surface area contributed by atoms with Gasteiger partial charge in [0.2, 0.25) is 5.91 Å². The van der Waals surface area contributed by atoms with Crippen molar-refractivity contribution in [2.24, 2.45) is 13.0 Å². The minimum atomic E-state index is 0.142. The van der Waals surface area contributed by atoms with Crippen molar-refractivity contribution in [3.05, 3.63) is 36.5 Å². The maximum Gasteiger partial charge on any atom is 0.242 e. The highest BCUT2D eigenvalue weighted by Crippen LogP contribution is 2.36. The lowest BCUT2D eigenvalue weighted by atomic mass is 10.1. The van der Waals surface area contributed by atoms with Crippen LogP contribution in [-0.2, 0) is 16.6 Å². The number of ether oxygens (including phenoxy) is 1. The molecule has 1 aliphatic heterocycles. The van der Waals surface area contributed by atoms with Crippen LogP contribution in [0.5, 0.6) is 0 Å². The largest absolute Gasteiger partial charge is 0.377 e. The monoisotopic (exact) mass is 340 g/mol. The quantitative estimate of drug-likeness (QED) is 0.906. The van der Waals surface area contributed by atoms with E-state index in [-0.39, 0.29) is 18.5 Å². The van der Waals surface area contributed by atoms with Crippen molar-refractivity contribution in [2.75, 3.05) is 31.6 Å². The number of carbonyl (C=O) groups is 1. The van der Waals surface area contributed by atoms with Crippen LogP contribution in [0, 0.1) is 5.92 Å². The number of aryl methyl sites for hydroxylation is 1. The number of hydrogen-bond donors (Lipinski definition) is 1. The SMILES string of the molecule is Cn1ncc(NCC(=O)N2CCOCC2C2CC2)c1-c1ccccc1. The third-order valence-electron chi connectivity index (χ3n) is 5.07. The van der Waals surface area contributed by atoms with Gasteiger partial charge in [-0.25, -0.2) is 0 Å². The molecule has 1 saturated carbocycles. The molecule has 0 bridgehead atoms. The summed E-state index contributed by atoms with van der Waals surface area (Å²) < 4.78 is 7.42. The zero-order valence-corrected chi connectivity index (χ0v) is 14.5. The van der Waals surface area contributed by atoms with Crippen LogP contribution in [0.15, 0.2) is 36.5 Å². The Bertz CT molecular complexity index is 739. The molecule has 1 aromatic carbocycles. The molecule has 2 heterocycles. The van der Waals surface area contributed by atoms with E-state index < -0.39 is 0 Å². The molecule has 1 amide bonds. The van der Waals surface area contributed by atoms with Crippen LogP contribution < -0.4 is 5.32 Å². The summed E-state index contributed by atoms with van der Waals surface area (Å²) >= 11 is 0. The number of aromatic nitrogens is 2. The number of anilines is 1. The van der Waals surface area contributed by atoms with Gasteiger partial charge >= 0.3 is 0 Å². The maximum absolute atomic E-state index is 12.7. The lowest BCUT2D eigenvalue weighted by Crippen LogP contribution is -2.51. The van der Waals surface area contributed by atoms with Crippen LogP contribution in [0.2, 0.25) is 0 Å². The molecule has 25 heavy (non-hydrogen) atoms. The Morgan fingerprint density at radius 3 is 2.88 bits per heavy atom. The van der Waals surface area contributed by atoms with Crippen LogP contribution >= 0.6 is 0 Å². The molecule has 1 saturated heterocycles. The highest BCUT2D eigenvalue weighted by atomic mass is 16.5. The fourth-order valence-corrected chi connectivity index (χ4v) is 3.58. The van der Waals surface area contributed by atoms with E-state index in [1.807, 2.05) is 34.8 Å². The summed E-state index contributed by atoms with van der Waals surface area (Å²) in [6.45, 7) is 2.30. The molecule has 1 atom stereocenters. The van der Waals surface area contributed by atoms with E-state index in [4.69, 9.17) is 4.74 Å². The summed E-state index contributed by atoms with van der Waals surface area (Å²) in [6, 6.07) is 10.4. The first-order valence-electron chi connectivity index (χ1n) is 8.92. The van der Waals surface area contributed by atoms with Gasteiger partial charge in [0, 0.05) is 19.2 Å². The maximum atomic E-state index is 12.7. The van der Waals surface area contributed by atoms with Gasteiger partial charge in [-0.15, -0.1) is 0 Å². The predicted octanol–water partition coefficient (Wildman–Crippen LogP) is 2.14. The first kappa shape index (κ1) is 16.1. The summed E-state index contributed by atoms with van der Waals surface area (Å²) in [5.74, 6) is 0.769. The number of morpholine rings is 1. The molecule has 6 heteroatoms. The first-order valence-corrected chi connectivity index (χ1v) is 8.92. The summed E-state index contributed by atoms with van der Waals surface area (Å²) in [7, 11) is 1.92. The number of benzene rings is 1. The van der Waals surface area contributed by atoms with Gasteiger partial charge < -0.3 is 15.0 Å². The van der Waals surface area contributed by atoms with E-state index in [2.05, 4.69) is 22.5 Å². The van der Waals surface area contributed by atoms with Gasteiger partial charge in [0.05, 0.1) is 43.4 Å². The van der Waals surface area contributed by atoms with E-state index in [0.717, 1.165) is 16.9 Å². The van der Waals surface area contributed by atoms with Crippen molar-refractivity contribution in [3.63, 3.8) is 0 Å². The fourth-order valence-electron chi connectivity index (χ4n) is 3.58. The van der Waals surface area contributed by atoms with Crippen LogP contribution in [0.25, 0.3) is 11.3 Å². The zero-order chi connectivity index (χ0) is 17.2. The van der Waals surface area contributed by atoms with E-state index in [1.165, 1.54) is 12.8 Å². The topological polar surface area (TPSA) is 59.4 Å². The smallest absolute Gasteiger partial charge is 0.242 e. The Balaban J connectivity index is 1.45. The number of hydrogen-bond acceptors (Lipinski definition) is 4. The molecule has 0 spiro atoms. The zero-order valence-electron chi connectivity index (χ0n) is 14.5. The standard InChI is InChI=1S/C19H24N4O2/c1-22-19(15-5-3-2-4-6-15)16(11-21-22)20-12-18(24)23-9-10-25-13-17(23)14-7-8-14/h2-6,11,14,17,20H,7-10,12-13H2,1H3. The highest BCUT2D eigenvalue weighted by molar-refractivity contribution is 5.83. The number of rotatable bonds is 5. The van der Waals surface area contributed by atoms with E-state index in [9.17, 15) is 4.79 Å². The molecule has 132 valence electrons. The normalized spacial score (nSPS) is 20.5. The van der Waals surface area contributed by atoms with Gasteiger partial charge in [-0.1, -0.05) is 30.3 Å². The second-order valence-corrected chi connectivity index (χ2v) is 6.82. The van der Waals surface area contributed by atoms with Crippen LogP contribution in [0.3, 0.4) is 0 Å². The Morgan fingerprint density at radius 1 is 1.32 bits per heavy atom. The lowest BCUT2D eigenvalue weighted by Gasteiger charge is -2.36. The lowest BCUT2D eigenvalue weighted by molar-refractivity contribution is -0.138. The van der Waals surface area contributed by atoms with Gasteiger partial charge in [0.15, 0.2) is 0 Å². The minimum Gasteiger partial charge on any atom is -0.377 e. The molecule has 2 aromatic rings. The van der Waals surface area contributed by atoms with Gasteiger partial charge in [-0.2, -0.15) is 5.10 Å². The molecule has 1 aromatic heterocycles. The van der Waals surface area contributed by atoms with E-state index >= 15 is 0 Å². The van der Waals surface area contributed by atoms with Crippen molar-refractivity contribution in [1.29, 1.82) is 0 Å². The second-order valence-electron chi connectivity index (χ2n) is 6.82. The van der Waals surface area contributed by atoms with E-state index in [1.54, 1.807) is 6.20 Å².